The Balaban J connectivity index is 2.15. The number of aromatic nitrogens is 1. The van der Waals surface area contributed by atoms with Gasteiger partial charge in [0, 0.05) is 18.3 Å². The Morgan fingerprint density at radius 3 is 2.86 bits per heavy atom. The number of non-ortho nitro benzene ring substituents is 1. The first kappa shape index (κ1) is 14.4. The lowest BCUT2D eigenvalue weighted by Gasteiger charge is -2.08. The summed E-state index contributed by atoms with van der Waals surface area (Å²) in [6.07, 6.45) is 1.61. The molecule has 2 aromatic rings. The van der Waals surface area contributed by atoms with E-state index in [2.05, 4.69) is 10.3 Å². The van der Waals surface area contributed by atoms with Crippen LogP contribution in [0.15, 0.2) is 36.5 Å². The van der Waals surface area contributed by atoms with Gasteiger partial charge in [0.15, 0.2) is 0 Å². The van der Waals surface area contributed by atoms with E-state index in [1.165, 1.54) is 6.07 Å². The topological polar surface area (TPSA) is 105 Å². The highest BCUT2D eigenvalue weighted by Crippen LogP contribution is 2.27. The monoisotopic (exact) mass is 287 g/mol. The fourth-order valence-electron chi connectivity index (χ4n) is 1.79. The van der Waals surface area contributed by atoms with Crippen molar-refractivity contribution in [1.82, 2.24) is 4.98 Å². The molecule has 0 aliphatic rings. The maximum Gasteiger partial charge on any atom is 0.271 e. The minimum atomic E-state index is -0.599. The predicted octanol–water partition coefficient (Wildman–Crippen LogP) is 2.19. The lowest BCUT2D eigenvalue weighted by Crippen LogP contribution is -2.16. The van der Waals surface area contributed by atoms with Crippen LogP contribution in [0.25, 0.3) is 0 Å². The van der Waals surface area contributed by atoms with Crippen LogP contribution in [0.2, 0.25) is 0 Å². The summed E-state index contributed by atoms with van der Waals surface area (Å²) < 4.78 is 0. The van der Waals surface area contributed by atoms with Crippen LogP contribution in [-0.2, 0) is 11.2 Å². The molecule has 0 radical (unpaired) electrons. The number of pyridine rings is 1. The Bertz CT molecular complexity index is 700. The molecule has 0 saturated heterocycles. The highest BCUT2D eigenvalue weighted by atomic mass is 16.6. The van der Waals surface area contributed by atoms with Gasteiger partial charge in [-0.2, -0.15) is 0 Å². The molecule has 108 valence electrons. The second kappa shape index (κ2) is 6.00. The molecule has 0 bridgehead atoms. The van der Waals surface area contributed by atoms with Crippen molar-refractivity contribution in [2.24, 2.45) is 0 Å². The van der Waals surface area contributed by atoms with Crippen LogP contribution in [0.4, 0.5) is 11.4 Å². The largest absolute Gasteiger partial charge is 0.506 e. The van der Waals surface area contributed by atoms with Gasteiger partial charge in [0.2, 0.25) is 5.91 Å². The van der Waals surface area contributed by atoms with E-state index in [0.29, 0.717) is 5.69 Å². The van der Waals surface area contributed by atoms with Crippen molar-refractivity contribution in [2.45, 2.75) is 13.3 Å². The Morgan fingerprint density at radius 1 is 1.43 bits per heavy atom. The van der Waals surface area contributed by atoms with E-state index < -0.39 is 10.8 Å². The predicted molar refractivity (Wildman–Crippen MR) is 76.1 cm³/mol. The molecule has 21 heavy (non-hydrogen) atoms. The van der Waals surface area contributed by atoms with Gasteiger partial charge in [-0.3, -0.25) is 19.9 Å². The van der Waals surface area contributed by atoms with E-state index in [0.717, 1.165) is 17.7 Å². The van der Waals surface area contributed by atoms with E-state index in [1.807, 2.05) is 13.0 Å². The maximum absolute atomic E-state index is 11.9. The summed E-state index contributed by atoms with van der Waals surface area (Å²) in [4.78, 5) is 26.1. The number of nitro benzene ring substituents is 1. The van der Waals surface area contributed by atoms with Gasteiger partial charge in [-0.15, -0.1) is 0 Å². The smallest absolute Gasteiger partial charge is 0.271 e. The molecule has 2 rings (SSSR count). The fourth-order valence-corrected chi connectivity index (χ4v) is 1.79. The summed E-state index contributed by atoms with van der Waals surface area (Å²) in [5.41, 5.74) is 1.27. The Labute approximate surface area is 120 Å². The summed E-state index contributed by atoms with van der Waals surface area (Å²) in [5.74, 6) is -0.640. The Morgan fingerprint density at radius 2 is 2.19 bits per heavy atom. The fraction of sp³-hybridized carbons (Fsp3) is 0.143. The van der Waals surface area contributed by atoms with Crippen LogP contribution < -0.4 is 5.32 Å². The molecule has 1 amide bonds. The molecule has 0 fully saturated rings. The van der Waals surface area contributed by atoms with Gasteiger partial charge in [-0.1, -0.05) is 6.07 Å². The third kappa shape index (κ3) is 3.53. The minimum Gasteiger partial charge on any atom is -0.506 e. The van der Waals surface area contributed by atoms with E-state index in [9.17, 15) is 20.0 Å². The van der Waals surface area contributed by atoms with Gasteiger partial charge in [0.05, 0.1) is 22.7 Å². The molecule has 1 heterocycles. The normalized spacial score (nSPS) is 10.1. The molecule has 2 N–H and O–H groups in total. The van der Waals surface area contributed by atoms with Crippen molar-refractivity contribution in [1.29, 1.82) is 0 Å². The van der Waals surface area contributed by atoms with Crippen LogP contribution in [0.5, 0.6) is 5.75 Å². The van der Waals surface area contributed by atoms with Crippen LogP contribution in [0, 0.1) is 17.0 Å². The van der Waals surface area contributed by atoms with Crippen molar-refractivity contribution in [3.05, 3.63) is 57.9 Å². The third-order valence-electron chi connectivity index (χ3n) is 2.91. The first-order valence-corrected chi connectivity index (χ1v) is 6.15. The Kier molecular flexibility index (Phi) is 4.13. The van der Waals surface area contributed by atoms with Gasteiger partial charge in [-0.05, 0) is 24.6 Å². The highest BCUT2D eigenvalue weighted by molar-refractivity contribution is 5.93. The van der Waals surface area contributed by atoms with Crippen molar-refractivity contribution in [3.63, 3.8) is 0 Å². The average molecular weight is 287 g/mol. The molecule has 0 spiro atoms. The SMILES string of the molecule is Cc1cccnc1CC(=O)Nc1cc([N+](=O)[O-])ccc1O. The van der Waals surface area contributed by atoms with Gasteiger partial charge in [0.25, 0.3) is 5.69 Å². The number of anilines is 1. The molecule has 0 atom stereocenters. The quantitative estimate of drug-likeness (QED) is 0.509. The molecular weight excluding hydrogens is 274 g/mol. The number of carbonyl (C=O) groups is 1. The van der Waals surface area contributed by atoms with Gasteiger partial charge in [-0.25, -0.2) is 0 Å². The molecule has 1 aromatic carbocycles. The van der Waals surface area contributed by atoms with Gasteiger partial charge in [0.1, 0.15) is 5.75 Å². The standard InChI is InChI=1S/C14H13N3O4/c1-9-3-2-6-15-11(9)8-14(19)16-12-7-10(17(20)21)4-5-13(12)18/h2-7,18H,8H2,1H3,(H,16,19). The van der Waals surface area contributed by atoms with Crippen LogP contribution in [0.1, 0.15) is 11.3 Å². The molecule has 0 unspecified atom stereocenters. The molecule has 0 aliphatic heterocycles. The summed E-state index contributed by atoms with van der Waals surface area (Å²) >= 11 is 0. The number of nitrogens with one attached hydrogen (secondary N) is 1. The molecular formula is C14H13N3O4. The molecule has 1 aromatic heterocycles. The van der Waals surface area contributed by atoms with Crippen molar-refractivity contribution in [3.8, 4) is 5.75 Å². The van der Waals surface area contributed by atoms with E-state index >= 15 is 0 Å². The van der Waals surface area contributed by atoms with Crippen LogP contribution in [-0.4, -0.2) is 20.9 Å². The summed E-state index contributed by atoms with van der Waals surface area (Å²) in [6, 6.07) is 7.04. The van der Waals surface area contributed by atoms with Gasteiger partial charge >= 0.3 is 0 Å². The molecule has 7 heteroatoms. The third-order valence-corrected chi connectivity index (χ3v) is 2.91. The highest BCUT2D eigenvalue weighted by Gasteiger charge is 2.13. The van der Waals surface area contributed by atoms with Crippen molar-refractivity contribution in [2.75, 3.05) is 5.32 Å². The number of amides is 1. The zero-order chi connectivity index (χ0) is 15.4. The Hall–Kier alpha value is -2.96. The second-order valence-electron chi connectivity index (χ2n) is 4.45. The number of carbonyl (C=O) groups excluding carboxylic acids is 1. The number of nitrogens with zero attached hydrogens (tertiary/aromatic N) is 2. The lowest BCUT2D eigenvalue weighted by atomic mass is 10.1. The van der Waals surface area contributed by atoms with Crippen LogP contribution >= 0.6 is 0 Å². The average Bonchev–Trinajstić information content (AvgIpc) is 2.43. The first-order chi connectivity index (χ1) is 9.97. The number of phenolic OH excluding ortho intramolecular Hbond substituents is 1. The second-order valence-corrected chi connectivity index (χ2v) is 4.45. The zero-order valence-electron chi connectivity index (χ0n) is 11.2. The lowest BCUT2D eigenvalue weighted by molar-refractivity contribution is -0.384. The summed E-state index contributed by atoms with van der Waals surface area (Å²) in [6.45, 7) is 1.83. The zero-order valence-corrected chi connectivity index (χ0v) is 11.2. The number of nitro groups is 1. The molecule has 7 nitrogen and oxygen atoms in total. The number of aryl methyl sites for hydroxylation is 1. The summed E-state index contributed by atoms with van der Waals surface area (Å²) in [5, 5.41) is 22.8. The van der Waals surface area contributed by atoms with E-state index in [4.69, 9.17) is 0 Å². The minimum absolute atomic E-state index is 0.00258. The van der Waals surface area contributed by atoms with E-state index in [1.54, 1.807) is 12.3 Å². The molecule has 0 saturated carbocycles. The molecule has 0 aliphatic carbocycles. The summed E-state index contributed by atoms with van der Waals surface area (Å²) in [7, 11) is 0. The number of aromatic hydroxyl groups is 1. The number of phenols is 1. The van der Waals surface area contributed by atoms with Crippen molar-refractivity contribution >= 4 is 17.3 Å². The first-order valence-electron chi connectivity index (χ1n) is 6.15. The van der Waals surface area contributed by atoms with E-state index in [-0.39, 0.29) is 23.5 Å². The number of hydrogen-bond donors (Lipinski definition) is 2. The van der Waals surface area contributed by atoms with Gasteiger partial charge < -0.3 is 10.4 Å². The van der Waals surface area contributed by atoms with Crippen LogP contribution in [0.3, 0.4) is 0 Å². The number of benzene rings is 1. The number of rotatable bonds is 4. The van der Waals surface area contributed by atoms with Crippen molar-refractivity contribution < 1.29 is 14.8 Å². The number of hydrogen-bond acceptors (Lipinski definition) is 5. The maximum atomic E-state index is 11.9.